The fourth-order valence-electron chi connectivity index (χ4n) is 2.47. The molecule has 0 radical (unpaired) electrons. The van der Waals surface area contributed by atoms with Gasteiger partial charge < -0.3 is 5.73 Å². The van der Waals surface area contributed by atoms with Crippen LogP contribution in [0.4, 0.5) is 5.69 Å². The van der Waals surface area contributed by atoms with Gasteiger partial charge in [0.15, 0.2) is 0 Å². The Kier molecular flexibility index (Phi) is 3.41. The summed E-state index contributed by atoms with van der Waals surface area (Å²) in [7, 11) is 0. The maximum absolute atomic E-state index is 5.88. The van der Waals surface area contributed by atoms with Crippen molar-refractivity contribution in [3.05, 3.63) is 50.1 Å². The van der Waals surface area contributed by atoms with Crippen LogP contribution in [0.3, 0.4) is 0 Å². The van der Waals surface area contributed by atoms with Crippen LogP contribution in [0.1, 0.15) is 16.0 Å². The quantitative estimate of drug-likeness (QED) is 0.855. The summed E-state index contributed by atoms with van der Waals surface area (Å²) in [6, 6.07) is 8.41. The number of benzene rings is 1. The van der Waals surface area contributed by atoms with E-state index < -0.39 is 0 Å². The normalized spacial score (nSPS) is 15.6. The summed E-state index contributed by atoms with van der Waals surface area (Å²) >= 11 is 5.38. The maximum Gasteiger partial charge on any atom is 0.0328 e. The van der Waals surface area contributed by atoms with Gasteiger partial charge in [0.1, 0.15) is 0 Å². The molecule has 1 aromatic heterocycles. The van der Waals surface area contributed by atoms with Crippen LogP contribution in [-0.4, -0.2) is 11.4 Å². The van der Waals surface area contributed by atoms with E-state index in [1.54, 1.807) is 4.88 Å². The minimum absolute atomic E-state index is 0.826. The first-order valence-corrected chi connectivity index (χ1v) is 7.70. The molecular formula is C14H15BrN2S. The molecule has 0 saturated heterocycles. The molecule has 0 amide bonds. The van der Waals surface area contributed by atoms with Crippen LogP contribution in [0.5, 0.6) is 0 Å². The fraction of sp³-hybridized carbons (Fsp3) is 0.286. The third-order valence-electron chi connectivity index (χ3n) is 3.27. The Morgan fingerprint density at radius 3 is 3.06 bits per heavy atom. The zero-order valence-corrected chi connectivity index (χ0v) is 12.4. The average molecular weight is 323 g/mol. The first kappa shape index (κ1) is 12.2. The highest BCUT2D eigenvalue weighted by atomic mass is 79.9. The molecule has 0 bridgehead atoms. The lowest BCUT2D eigenvalue weighted by molar-refractivity contribution is 0.247. The molecular weight excluding hydrogens is 308 g/mol. The van der Waals surface area contributed by atoms with E-state index in [1.165, 1.54) is 17.5 Å². The molecule has 18 heavy (non-hydrogen) atoms. The number of rotatable bonds is 2. The lowest BCUT2D eigenvalue weighted by Crippen LogP contribution is -2.29. The summed E-state index contributed by atoms with van der Waals surface area (Å²) in [5.41, 5.74) is 9.48. The van der Waals surface area contributed by atoms with E-state index in [0.717, 1.165) is 29.8 Å². The Bertz CT molecular complexity index is 544. The predicted molar refractivity (Wildman–Crippen MR) is 80.7 cm³/mol. The smallest absolute Gasteiger partial charge is 0.0328 e. The summed E-state index contributed by atoms with van der Waals surface area (Å²) in [4.78, 5) is 4.04. The number of anilines is 1. The van der Waals surface area contributed by atoms with Gasteiger partial charge in [0.25, 0.3) is 0 Å². The van der Waals surface area contributed by atoms with Crippen LogP contribution in [0.15, 0.2) is 34.1 Å². The van der Waals surface area contributed by atoms with E-state index >= 15 is 0 Å². The highest BCUT2D eigenvalue weighted by Crippen LogP contribution is 2.26. The molecule has 0 fully saturated rings. The predicted octanol–water partition coefficient (Wildman–Crippen LogP) is 3.65. The van der Waals surface area contributed by atoms with Crippen LogP contribution in [0, 0.1) is 0 Å². The maximum atomic E-state index is 5.88. The summed E-state index contributed by atoms with van der Waals surface area (Å²) in [6.07, 6.45) is 1.18. The van der Waals surface area contributed by atoms with E-state index in [1.807, 2.05) is 17.4 Å². The Hall–Kier alpha value is -0.840. The summed E-state index contributed by atoms with van der Waals surface area (Å²) in [6.45, 7) is 3.17. The number of nitrogens with two attached hydrogens (primary N) is 1. The highest BCUT2D eigenvalue weighted by Gasteiger charge is 2.17. The molecule has 0 atom stereocenters. The molecule has 1 aliphatic rings. The van der Waals surface area contributed by atoms with Crippen molar-refractivity contribution in [1.82, 2.24) is 4.90 Å². The molecule has 4 heteroatoms. The number of fused-ring (bicyclic) bond motifs is 1. The van der Waals surface area contributed by atoms with Gasteiger partial charge in [0.2, 0.25) is 0 Å². The van der Waals surface area contributed by atoms with Gasteiger partial charge in [0.05, 0.1) is 0 Å². The summed E-state index contributed by atoms with van der Waals surface area (Å²) < 4.78 is 1.06. The van der Waals surface area contributed by atoms with E-state index in [0.29, 0.717) is 0 Å². The van der Waals surface area contributed by atoms with Crippen LogP contribution < -0.4 is 5.73 Å². The lowest BCUT2D eigenvalue weighted by Gasteiger charge is -2.27. The molecule has 0 saturated carbocycles. The van der Waals surface area contributed by atoms with Crippen molar-refractivity contribution in [2.45, 2.75) is 19.5 Å². The van der Waals surface area contributed by atoms with Gasteiger partial charge in [-0.15, -0.1) is 11.3 Å². The minimum Gasteiger partial charge on any atom is -0.399 e. The summed E-state index contributed by atoms with van der Waals surface area (Å²) in [5, 5.41) is 2.20. The van der Waals surface area contributed by atoms with Crippen molar-refractivity contribution in [3.8, 4) is 0 Å². The molecule has 1 aromatic carbocycles. The third-order valence-corrected chi connectivity index (χ3v) is 4.75. The Morgan fingerprint density at radius 1 is 1.33 bits per heavy atom. The van der Waals surface area contributed by atoms with Crippen molar-refractivity contribution >= 4 is 33.0 Å². The van der Waals surface area contributed by atoms with Crippen LogP contribution in [0.2, 0.25) is 0 Å². The zero-order valence-electron chi connectivity index (χ0n) is 10.0. The van der Waals surface area contributed by atoms with E-state index in [9.17, 15) is 0 Å². The number of halogens is 1. The molecule has 3 rings (SSSR count). The van der Waals surface area contributed by atoms with Gasteiger partial charge in [-0.05, 0) is 47.2 Å². The number of nitrogen functional groups attached to an aromatic ring is 1. The molecule has 2 nitrogen and oxygen atoms in total. The van der Waals surface area contributed by atoms with Crippen LogP contribution in [0.25, 0.3) is 0 Å². The minimum atomic E-state index is 0.826. The SMILES string of the molecule is Nc1cc(Br)cc(CN2CCc3sccc3C2)c1. The first-order chi connectivity index (χ1) is 8.70. The Balaban J connectivity index is 1.74. The van der Waals surface area contributed by atoms with Gasteiger partial charge in [-0.1, -0.05) is 15.9 Å². The van der Waals surface area contributed by atoms with Gasteiger partial charge in [-0.3, -0.25) is 4.90 Å². The van der Waals surface area contributed by atoms with E-state index in [2.05, 4.69) is 44.4 Å². The number of thiophene rings is 1. The molecule has 94 valence electrons. The first-order valence-electron chi connectivity index (χ1n) is 6.03. The van der Waals surface area contributed by atoms with Gasteiger partial charge in [-0.2, -0.15) is 0 Å². The number of nitrogens with zero attached hydrogens (tertiary/aromatic N) is 1. The van der Waals surface area contributed by atoms with E-state index in [-0.39, 0.29) is 0 Å². The standard InChI is InChI=1S/C14H15BrN2S/c15-12-5-10(6-13(16)7-12)8-17-3-1-14-11(9-17)2-4-18-14/h2,4-7H,1,3,8-9,16H2. The second-order valence-corrected chi connectivity index (χ2v) is 6.64. The molecule has 2 heterocycles. The zero-order chi connectivity index (χ0) is 12.5. The monoisotopic (exact) mass is 322 g/mol. The lowest BCUT2D eigenvalue weighted by atomic mass is 10.1. The largest absolute Gasteiger partial charge is 0.399 e. The second kappa shape index (κ2) is 5.03. The van der Waals surface area contributed by atoms with Crippen molar-refractivity contribution < 1.29 is 0 Å². The third kappa shape index (κ3) is 2.60. The molecule has 0 spiro atoms. The number of hydrogen-bond donors (Lipinski definition) is 1. The molecule has 1 aliphatic heterocycles. The average Bonchev–Trinajstić information content (AvgIpc) is 2.74. The topological polar surface area (TPSA) is 29.3 Å². The van der Waals surface area contributed by atoms with Gasteiger partial charge >= 0.3 is 0 Å². The molecule has 2 N–H and O–H groups in total. The van der Waals surface area contributed by atoms with Crippen LogP contribution in [-0.2, 0) is 19.5 Å². The second-order valence-electron chi connectivity index (χ2n) is 4.72. The van der Waals surface area contributed by atoms with Crippen LogP contribution >= 0.6 is 27.3 Å². The molecule has 2 aromatic rings. The fourth-order valence-corrected chi connectivity index (χ4v) is 3.91. The number of hydrogen-bond acceptors (Lipinski definition) is 3. The Labute approximate surface area is 120 Å². The Morgan fingerprint density at radius 2 is 2.22 bits per heavy atom. The summed E-state index contributed by atoms with van der Waals surface area (Å²) in [5.74, 6) is 0. The van der Waals surface area contributed by atoms with Crippen molar-refractivity contribution in [2.75, 3.05) is 12.3 Å². The van der Waals surface area contributed by atoms with Gasteiger partial charge in [-0.25, -0.2) is 0 Å². The van der Waals surface area contributed by atoms with Crippen molar-refractivity contribution in [3.63, 3.8) is 0 Å². The highest BCUT2D eigenvalue weighted by molar-refractivity contribution is 9.10. The molecule has 0 aliphatic carbocycles. The van der Waals surface area contributed by atoms with E-state index in [4.69, 9.17) is 5.73 Å². The molecule has 0 unspecified atom stereocenters. The van der Waals surface area contributed by atoms with Crippen molar-refractivity contribution in [2.24, 2.45) is 0 Å². The van der Waals surface area contributed by atoms with Crippen molar-refractivity contribution in [1.29, 1.82) is 0 Å². The van der Waals surface area contributed by atoms with Gasteiger partial charge in [0, 0.05) is 34.7 Å².